The van der Waals surface area contributed by atoms with Gasteiger partial charge in [-0.25, -0.2) is 0 Å². The predicted molar refractivity (Wildman–Crippen MR) is 91.9 cm³/mol. The van der Waals surface area contributed by atoms with Crippen LogP contribution in [0.2, 0.25) is 0 Å². The molecule has 0 aliphatic rings. The molecule has 1 aromatic heterocycles. The fraction of sp³-hybridized carbons (Fsp3) is 0.412. The molecule has 5 nitrogen and oxygen atoms in total. The van der Waals surface area contributed by atoms with Gasteiger partial charge in [-0.3, -0.25) is 9.59 Å². The van der Waals surface area contributed by atoms with E-state index < -0.39 is 0 Å². The first-order valence-corrected chi connectivity index (χ1v) is 8.68. The van der Waals surface area contributed by atoms with E-state index in [1.165, 1.54) is 16.9 Å². The van der Waals surface area contributed by atoms with E-state index in [1.807, 2.05) is 31.2 Å². The Bertz CT molecular complexity index is 665. The third kappa shape index (κ3) is 5.25. The van der Waals surface area contributed by atoms with Crippen LogP contribution in [-0.4, -0.2) is 21.9 Å². The highest BCUT2D eigenvalue weighted by molar-refractivity contribution is 7.15. The Labute approximate surface area is 140 Å². The molecule has 0 fully saturated rings. The van der Waals surface area contributed by atoms with Crippen molar-refractivity contribution in [2.45, 2.75) is 46.0 Å². The fourth-order valence-corrected chi connectivity index (χ4v) is 2.84. The number of benzene rings is 1. The lowest BCUT2D eigenvalue weighted by molar-refractivity contribution is -0.116. The van der Waals surface area contributed by atoms with Gasteiger partial charge in [-0.05, 0) is 18.4 Å². The molecule has 0 aliphatic carbocycles. The van der Waals surface area contributed by atoms with Gasteiger partial charge >= 0.3 is 0 Å². The van der Waals surface area contributed by atoms with Crippen LogP contribution in [0, 0.1) is 0 Å². The van der Waals surface area contributed by atoms with Gasteiger partial charge in [0.2, 0.25) is 11.0 Å². The zero-order chi connectivity index (χ0) is 16.7. The standard InChI is InChI=1S/C17H21N3O2S/c1-3-5-12-6-8-13(9-7-12)14(21)10-11-15(22)18-17-20-19-16(4-2)23-17/h6-9H,3-5,10-11H2,1-2H3,(H,18,20,22). The van der Waals surface area contributed by atoms with Crippen LogP contribution in [0.5, 0.6) is 0 Å². The van der Waals surface area contributed by atoms with Gasteiger partial charge < -0.3 is 5.32 Å². The number of anilines is 1. The normalized spacial score (nSPS) is 10.5. The van der Waals surface area contributed by atoms with E-state index >= 15 is 0 Å². The molecule has 1 N–H and O–H groups in total. The first-order chi connectivity index (χ1) is 11.1. The van der Waals surface area contributed by atoms with E-state index in [2.05, 4.69) is 22.4 Å². The van der Waals surface area contributed by atoms with Crippen LogP contribution in [0.1, 0.15) is 54.0 Å². The van der Waals surface area contributed by atoms with Crippen LogP contribution in [-0.2, 0) is 17.6 Å². The monoisotopic (exact) mass is 331 g/mol. The predicted octanol–water partition coefficient (Wildman–Crippen LogP) is 3.65. The number of carbonyl (C=O) groups is 2. The summed E-state index contributed by atoms with van der Waals surface area (Å²) in [7, 11) is 0. The maximum atomic E-state index is 12.1. The molecular weight excluding hydrogens is 310 g/mol. The lowest BCUT2D eigenvalue weighted by Gasteiger charge is -2.03. The lowest BCUT2D eigenvalue weighted by atomic mass is 10.0. The Morgan fingerprint density at radius 3 is 2.43 bits per heavy atom. The van der Waals surface area contributed by atoms with Crippen molar-refractivity contribution in [1.29, 1.82) is 0 Å². The third-order valence-corrected chi connectivity index (χ3v) is 4.39. The Balaban J connectivity index is 1.82. The summed E-state index contributed by atoms with van der Waals surface area (Å²) in [5.41, 5.74) is 1.88. The van der Waals surface area contributed by atoms with Gasteiger partial charge in [-0.2, -0.15) is 0 Å². The van der Waals surface area contributed by atoms with Crippen molar-refractivity contribution in [2.24, 2.45) is 0 Å². The molecule has 0 bridgehead atoms. The molecular formula is C17H21N3O2S. The smallest absolute Gasteiger partial charge is 0.226 e. The van der Waals surface area contributed by atoms with E-state index in [4.69, 9.17) is 0 Å². The number of Topliss-reactive ketones (excluding diaryl/α,β-unsaturated/α-hetero) is 1. The number of nitrogens with one attached hydrogen (secondary N) is 1. The highest BCUT2D eigenvalue weighted by Crippen LogP contribution is 2.16. The Morgan fingerprint density at radius 1 is 1.09 bits per heavy atom. The lowest BCUT2D eigenvalue weighted by Crippen LogP contribution is -2.13. The molecule has 0 spiro atoms. The molecule has 2 aromatic rings. The molecule has 0 unspecified atom stereocenters. The number of carbonyl (C=O) groups excluding carboxylic acids is 2. The summed E-state index contributed by atoms with van der Waals surface area (Å²) in [5.74, 6) is -0.227. The topological polar surface area (TPSA) is 72.0 Å². The second-order valence-electron chi connectivity index (χ2n) is 5.27. The van der Waals surface area contributed by atoms with Crippen molar-refractivity contribution in [1.82, 2.24) is 10.2 Å². The quantitative estimate of drug-likeness (QED) is 0.749. The molecule has 0 radical (unpaired) electrons. The van der Waals surface area contributed by atoms with Crippen molar-refractivity contribution in [3.8, 4) is 0 Å². The van der Waals surface area contributed by atoms with Gasteiger partial charge in [0.05, 0.1) is 0 Å². The van der Waals surface area contributed by atoms with E-state index in [1.54, 1.807) is 0 Å². The summed E-state index contributed by atoms with van der Waals surface area (Å²) in [5, 5.41) is 11.9. The van der Waals surface area contributed by atoms with E-state index in [0.717, 1.165) is 24.3 Å². The van der Waals surface area contributed by atoms with Crippen LogP contribution in [0.3, 0.4) is 0 Å². The molecule has 1 heterocycles. The number of hydrogen-bond acceptors (Lipinski definition) is 5. The summed E-state index contributed by atoms with van der Waals surface area (Å²) in [6.45, 7) is 4.11. The molecule has 1 amide bonds. The Kier molecular flexibility index (Phi) is 6.40. The summed E-state index contributed by atoms with van der Waals surface area (Å²) < 4.78 is 0. The van der Waals surface area contributed by atoms with Crippen molar-refractivity contribution >= 4 is 28.2 Å². The third-order valence-electron chi connectivity index (χ3n) is 3.41. The molecule has 0 atom stereocenters. The number of aromatic nitrogens is 2. The number of ketones is 1. The van der Waals surface area contributed by atoms with Crippen molar-refractivity contribution in [3.05, 3.63) is 40.4 Å². The first kappa shape index (κ1) is 17.3. The number of aryl methyl sites for hydroxylation is 2. The van der Waals surface area contributed by atoms with E-state index in [-0.39, 0.29) is 24.5 Å². The summed E-state index contributed by atoms with van der Waals surface area (Å²) in [6.07, 6.45) is 3.23. The second kappa shape index (κ2) is 8.53. The van der Waals surface area contributed by atoms with Gasteiger partial charge in [0.1, 0.15) is 5.01 Å². The van der Waals surface area contributed by atoms with Crippen LogP contribution in [0.15, 0.2) is 24.3 Å². The van der Waals surface area contributed by atoms with Crippen molar-refractivity contribution in [2.75, 3.05) is 5.32 Å². The Morgan fingerprint density at radius 2 is 1.83 bits per heavy atom. The summed E-state index contributed by atoms with van der Waals surface area (Å²) in [4.78, 5) is 24.0. The molecule has 0 aliphatic heterocycles. The van der Waals surface area contributed by atoms with Crippen LogP contribution >= 0.6 is 11.3 Å². The largest absolute Gasteiger partial charge is 0.301 e. The zero-order valence-electron chi connectivity index (χ0n) is 13.5. The van der Waals surface area contributed by atoms with Crippen LogP contribution in [0.4, 0.5) is 5.13 Å². The average Bonchev–Trinajstić information content (AvgIpc) is 3.01. The molecule has 23 heavy (non-hydrogen) atoms. The van der Waals surface area contributed by atoms with Gasteiger partial charge in [0, 0.05) is 18.4 Å². The van der Waals surface area contributed by atoms with Gasteiger partial charge in [-0.1, -0.05) is 55.9 Å². The summed E-state index contributed by atoms with van der Waals surface area (Å²) in [6, 6.07) is 7.63. The number of rotatable bonds is 8. The molecule has 1 aromatic carbocycles. The highest BCUT2D eigenvalue weighted by atomic mass is 32.1. The minimum Gasteiger partial charge on any atom is -0.301 e. The highest BCUT2D eigenvalue weighted by Gasteiger charge is 2.11. The number of amides is 1. The average molecular weight is 331 g/mol. The zero-order valence-corrected chi connectivity index (χ0v) is 14.3. The van der Waals surface area contributed by atoms with Crippen LogP contribution in [0.25, 0.3) is 0 Å². The fourth-order valence-electron chi connectivity index (χ4n) is 2.15. The molecule has 2 rings (SSSR count). The van der Waals surface area contributed by atoms with Crippen molar-refractivity contribution < 1.29 is 9.59 Å². The Hall–Kier alpha value is -2.08. The maximum Gasteiger partial charge on any atom is 0.226 e. The minimum absolute atomic E-state index is 0.0188. The molecule has 0 saturated heterocycles. The molecule has 6 heteroatoms. The first-order valence-electron chi connectivity index (χ1n) is 7.86. The molecule has 122 valence electrons. The van der Waals surface area contributed by atoms with Gasteiger partial charge in [0.15, 0.2) is 5.78 Å². The maximum absolute atomic E-state index is 12.1. The minimum atomic E-state index is -0.209. The van der Waals surface area contributed by atoms with Gasteiger partial charge in [-0.15, -0.1) is 10.2 Å². The molecule has 0 saturated carbocycles. The SMILES string of the molecule is CCCc1ccc(C(=O)CCC(=O)Nc2nnc(CC)s2)cc1. The van der Waals surface area contributed by atoms with E-state index in [0.29, 0.717) is 10.7 Å². The van der Waals surface area contributed by atoms with E-state index in [9.17, 15) is 9.59 Å². The summed E-state index contributed by atoms with van der Waals surface area (Å²) >= 11 is 1.36. The van der Waals surface area contributed by atoms with Crippen LogP contribution < -0.4 is 5.32 Å². The van der Waals surface area contributed by atoms with Gasteiger partial charge in [0.25, 0.3) is 0 Å². The number of nitrogens with zero attached hydrogens (tertiary/aromatic N) is 2. The second-order valence-corrected chi connectivity index (χ2v) is 6.33. The van der Waals surface area contributed by atoms with Crippen molar-refractivity contribution in [3.63, 3.8) is 0 Å². The number of hydrogen-bond donors (Lipinski definition) is 1.